The number of carbonyl (C=O) groups excluding carboxylic acids is 3. The van der Waals surface area contributed by atoms with Crippen LogP contribution in [0.4, 0.5) is 8.78 Å². The van der Waals surface area contributed by atoms with E-state index in [1.807, 2.05) is 0 Å². The average Bonchev–Trinajstić information content (AvgIpc) is 2.98. The minimum absolute atomic E-state index is 0.153. The van der Waals surface area contributed by atoms with Gasteiger partial charge in [0.2, 0.25) is 0 Å². The Kier molecular flexibility index (Phi) is 13.4. The fourth-order valence-corrected chi connectivity index (χ4v) is 11.8. The Labute approximate surface area is 330 Å². The van der Waals surface area contributed by atoms with Gasteiger partial charge in [0.25, 0.3) is 0 Å². The van der Waals surface area contributed by atoms with Gasteiger partial charge >= 0.3 is 23.8 Å². The third-order valence-corrected chi connectivity index (χ3v) is 13.0. The molecule has 0 saturated heterocycles. The summed E-state index contributed by atoms with van der Waals surface area (Å²) in [6.07, 6.45) is 0.941. The Morgan fingerprint density at radius 3 is 1.58 bits per heavy atom. The summed E-state index contributed by atoms with van der Waals surface area (Å²) in [5.74, 6) is -5.37. The first-order chi connectivity index (χ1) is 24.5. The molecular weight excluding hydrogens is 657 g/mol. The van der Waals surface area contributed by atoms with Gasteiger partial charge in [-0.3, -0.25) is 4.79 Å². The summed E-state index contributed by atoms with van der Waals surface area (Å²) < 4.78 is 43.4. The highest BCUT2D eigenvalue weighted by Crippen LogP contribution is 2.62. The van der Waals surface area contributed by atoms with E-state index in [-0.39, 0.29) is 17.8 Å². The molecule has 8 bridgehead atoms. The van der Waals surface area contributed by atoms with Gasteiger partial charge in [0, 0.05) is 142 Å². The van der Waals surface area contributed by atoms with E-state index < -0.39 is 104 Å². The number of halogens is 2. The van der Waals surface area contributed by atoms with Crippen LogP contribution in [0.25, 0.3) is 0 Å². The van der Waals surface area contributed by atoms with E-state index in [4.69, 9.17) is 91.6 Å². The molecule has 8 rings (SSSR count). The van der Waals surface area contributed by atoms with Crippen LogP contribution >= 0.6 is 0 Å². The molecule has 1 N–H and O–H groups in total. The number of hydrogen-bond donors (Lipinski definition) is 1. The maximum Gasteiger partial charge on any atom is 0.376 e. The van der Waals surface area contributed by atoms with Gasteiger partial charge < -0.3 is 19.3 Å². The monoisotopic (exact) mass is 694 g/mol. The minimum atomic E-state index is -3.54. The Balaban J connectivity index is 0.000000257. The summed E-state index contributed by atoms with van der Waals surface area (Å²) in [6.45, 7) is 0.0731. The van der Waals surface area contributed by atoms with Gasteiger partial charge in [0.15, 0.2) is 6.61 Å². The molecule has 8 fully saturated rings. The zero-order chi connectivity index (χ0) is 39.4. The van der Waals surface area contributed by atoms with Gasteiger partial charge in [-0.2, -0.15) is 8.78 Å². The maximum absolute atomic E-state index is 13.4. The van der Waals surface area contributed by atoms with Crippen molar-refractivity contribution < 1.29 is 42.5 Å². The van der Waals surface area contributed by atoms with Crippen LogP contribution in [0.3, 0.4) is 0 Å². The summed E-state index contributed by atoms with van der Waals surface area (Å²) in [5.41, 5.74) is -2.16. The smallest absolute Gasteiger partial charge is 0.376 e. The summed E-state index contributed by atoms with van der Waals surface area (Å²) in [5, 5.41) is 10.9. The van der Waals surface area contributed by atoms with Crippen LogP contribution in [0.15, 0.2) is 0 Å². The van der Waals surface area contributed by atoms with Crippen molar-refractivity contribution in [2.24, 2.45) is 35.0 Å². The van der Waals surface area contributed by atoms with E-state index in [2.05, 4.69) is 0 Å². The van der Waals surface area contributed by atoms with Crippen molar-refractivity contribution in [2.75, 3.05) is 6.61 Å². The van der Waals surface area contributed by atoms with Crippen molar-refractivity contribution >= 4 is 146 Å². The molecule has 53 heavy (non-hydrogen) atoms. The molecule has 20 radical (unpaired) electrons. The van der Waals surface area contributed by atoms with Gasteiger partial charge in [-0.1, -0.05) is 0 Å². The molecule has 4 unspecified atom stereocenters. The van der Waals surface area contributed by atoms with Crippen LogP contribution in [-0.2, 0) is 28.6 Å². The van der Waals surface area contributed by atoms with Crippen molar-refractivity contribution in [2.45, 2.75) is 101 Å². The lowest BCUT2D eigenvalue weighted by molar-refractivity contribution is -0.224. The third-order valence-electron chi connectivity index (χ3n) is 13.0. The predicted octanol–water partition coefficient (Wildman–Crippen LogP) is -3.30. The fraction of sp³-hybridized carbons (Fsp3) is 0.885. The molecule has 0 spiro atoms. The SMILES string of the molecule is CC(F)(F)C(=O)OC1C2CC3CC1CC(C(=O)OCC(=O)OC14CC5CC(CC(O)(C5)C1)C4)(C3)C2.[B]B([B])B(B([B])[B])B(B([B])[B])B(B([B])[B])B([B])[B]. The lowest BCUT2D eigenvalue weighted by Crippen LogP contribution is -2.78. The summed E-state index contributed by atoms with van der Waals surface area (Å²) >= 11 is 0. The molecule has 0 amide bonds. The molecule has 248 valence electrons. The maximum atomic E-state index is 13.4. The molecule has 0 aliphatic heterocycles. The van der Waals surface area contributed by atoms with E-state index in [1.165, 1.54) is 0 Å². The van der Waals surface area contributed by atoms with Gasteiger partial charge in [0.05, 0.1) is 11.0 Å². The number of esters is 3. The average molecular weight is 691 g/mol. The first-order valence-corrected chi connectivity index (χ1v) is 18.7. The second kappa shape index (κ2) is 16.3. The molecule has 4 atom stereocenters. The number of ether oxygens (including phenoxy) is 3. The number of hydrogen-bond acceptors (Lipinski definition) is 7. The number of alkyl halides is 2. The van der Waals surface area contributed by atoms with Gasteiger partial charge in [0.1, 0.15) is 11.7 Å². The van der Waals surface area contributed by atoms with Gasteiger partial charge in [-0.25, -0.2) is 9.59 Å². The molecule has 27 heteroatoms. The van der Waals surface area contributed by atoms with Crippen LogP contribution in [0, 0.1) is 35.0 Å². The van der Waals surface area contributed by atoms with Crippen LogP contribution in [0.1, 0.15) is 77.6 Å². The normalized spacial score (nSPS) is 34.1. The molecule has 0 aromatic carbocycles. The molecule has 0 heterocycles. The lowest BCUT2D eigenvalue weighted by atomic mass is 8.41. The van der Waals surface area contributed by atoms with E-state index in [0.717, 1.165) is 44.9 Å². The van der Waals surface area contributed by atoms with Crippen LogP contribution in [0.2, 0.25) is 0 Å². The van der Waals surface area contributed by atoms with Crippen LogP contribution < -0.4 is 0 Å². The molecular formula is C26H34B18F2O7. The van der Waals surface area contributed by atoms with Crippen LogP contribution in [0.5, 0.6) is 0 Å². The minimum Gasteiger partial charge on any atom is -0.457 e. The second-order valence-electron chi connectivity index (χ2n) is 17.5. The quantitative estimate of drug-likeness (QED) is 0.123. The van der Waals surface area contributed by atoms with Crippen molar-refractivity contribution in [3.8, 4) is 0 Å². The molecule has 0 aromatic rings. The Hall–Kier alpha value is -0.601. The summed E-state index contributed by atoms with van der Waals surface area (Å²) in [6, 6.07) is 0. The Morgan fingerprint density at radius 2 is 1.17 bits per heavy atom. The summed E-state index contributed by atoms with van der Waals surface area (Å²) in [7, 11) is 56.7. The second-order valence-corrected chi connectivity index (χ2v) is 17.5. The van der Waals surface area contributed by atoms with Crippen molar-refractivity contribution in [3.05, 3.63) is 0 Å². The van der Waals surface area contributed by atoms with Crippen LogP contribution in [-0.4, -0.2) is 181 Å². The number of carbonyl (C=O) groups is 3. The molecule has 8 saturated carbocycles. The zero-order valence-corrected chi connectivity index (χ0v) is 30.5. The molecule has 0 aromatic heterocycles. The highest BCUT2D eigenvalue weighted by atomic mass is 19.3. The summed E-state index contributed by atoms with van der Waals surface area (Å²) in [4.78, 5) is 37.7. The highest BCUT2D eigenvalue weighted by molar-refractivity contribution is 8.17. The van der Waals surface area contributed by atoms with Gasteiger partial charge in [-0.05, 0) is 93.8 Å². The first-order valence-electron chi connectivity index (χ1n) is 18.7. The van der Waals surface area contributed by atoms with E-state index >= 15 is 0 Å². The van der Waals surface area contributed by atoms with E-state index in [0.29, 0.717) is 44.4 Å². The topological polar surface area (TPSA) is 99.1 Å². The molecule has 8 aliphatic carbocycles. The highest BCUT2D eigenvalue weighted by Gasteiger charge is 2.62. The zero-order valence-electron chi connectivity index (χ0n) is 30.5. The fourth-order valence-electron chi connectivity index (χ4n) is 11.8. The van der Waals surface area contributed by atoms with Gasteiger partial charge in [-0.15, -0.1) is 0 Å². The molecule has 7 nitrogen and oxygen atoms in total. The van der Waals surface area contributed by atoms with E-state index in [1.54, 1.807) is 0 Å². The largest absolute Gasteiger partial charge is 0.457 e. The number of rotatable bonds is 13. The number of aliphatic hydroxyl groups is 1. The Bertz CT molecular complexity index is 1290. The lowest BCUT2D eigenvalue weighted by Gasteiger charge is -2.59. The van der Waals surface area contributed by atoms with E-state index in [9.17, 15) is 28.3 Å². The van der Waals surface area contributed by atoms with Crippen molar-refractivity contribution in [1.29, 1.82) is 0 Å². The molecule has 8 aliphatic rings. The third kappa shape index (κ3) is 9.58. The predicted molar refractivity (Wildman–Crippen MR) is 219 cm³/mol. The van der Waals surface area contributed by atoms with Crippen molar-refractivity contribution in [3.63, 3.8) is 0 Å². The standard InChI is InChI=1S/C26H34F2O7.B18/c1-23(27,28)21(30)34-20-17-3-14-4-18(20)11-24(5-14,10-17)22(31)33-12-19(29)35-26-8-15-2-16(9-26)7-25(32,6-15)13-26;1-11(2)16(12(3)4)18(15(9)10)17(13(5)6)14(7)8/h14-18,20,32H,2-13H2,1H3;. The first kappa shape index (κ1) is 43.5. The Morgan fingerprint density at radius 1 is 0.698 bits per heavy atom. The van der Waals surface area contributed by atoms with Crippen molar-refractivity contribution in [1.82, 2.24) is 0 Å².